The number of ether oxygens (including phenoxy) is 1. The number of halogens is 1. The molecule has 0 bridgehead atoms. The SMILES string of the molecule is CCC(C)(CCBr)NC(=O)CCOc1cccc(C)c1. The molecule has 0 radical (unpaired) electrons. The Kier molecular flexibility index (Phi) is 7.06. The van der Waals surface area contributed by atoms with E-state index < -0.39 is 0 Å². The molecular formula is C16H24BrNO2. The van der Waals surface area contributed by atoms with E-state index in [0.717, 1.165) is 29.5 Å². The number of alkyl halides is 1. The van der Waals surface area contributed by atoms with Crippen molar-refractivity contribution in [1.82, 2.24) is 5.32 Å². The minimum absolute atomic E-state index is 0.0444. The van der Waals surface area contributed by atoms with E-state index >= 15 is 0 Å². The molecule has 1 aromatic carbocycles. The fourth-order valence-electron chi connectivity index (χ4n) is 1.90. The summed E-state index contributed by atoms with van der Waals surface area (Å²) in [7, 11) is 0. The first kappa shape index (κ1) is 17.0. The third kappa shape index (κ3) is 5.95. The Morgan fingerprint density at radius 1 is 1.45 bits per heavy atom. The minimum atomic E-state index is -0.135. The van der Waals surface area contributed by atoms with Gasteiger partial charge in [-0.3, -0.25) is 4.79 Å². The Hall–Kier alpha value is -1.03. The zero-order valence-electron chi connectivity index (χ0n) is 12.5. The number of hydrogen-bond acceptors (Lipinski definition) is 2. The van der Waals surface area contributed by atoms with Gasteiger partial charge >= 0.3 is 0 Å². The number of rotatable bonds is 8. The largest absolute Gasteiger partial charge is 0.493 e. The second kappa shape index (κ2) is 8.30. The summed E-state index contributed by atoms with van der Waals surface area (Å²) in [5, 5.41) is 3.98. The van der Waals surface area contributed by atoms with Crippen LogP contribution in [0.4, 0.5) is 0 Å². The van der Waals surface area contributed by atoms with Crippen molar-refractivity contribution in [3.05, 3.63) is 29.8 Å². The zero-order valence-corrected chi connectivity index (χ0v) is 14.1. The van der Waals surface area contributed by atoms with Gasteiger partial charge in [-0.1, -0.05) is 35.0 Å². The van der Waals surface area contributed by atoms with Crippen molar-refractivity contribution in [2.24, 2.45) is 0 Å². The Labute approximate surface area is 130 Å². The summed E-state index contributed by atoms with van der Waals surface area (Å²) >= 11 is 3.43. The topological polar surface area (TPSA) is 38.3 Å². The molecule has 112 valence electrons. The van der Waals surface area contributed by atoms with Crippen molar-refractivity contribution in [2.45, 2.75) is 45.6 Å². The molecule has 0 fully saturated rings. The van der Waals surface area contributed by atoms with Crippen LogP contribution >= 0.6 is 15.9 Å². The zero-order chi connectivity index (χ0) is 15.0. The standard InChI is InChI=1S/C16H24BrNO2/c1-4-16(3,9-10-17)18-15(19)8-11-20-14-7-5-6-13(2)12-14/h5-7,12H,4,8-11H2,1-3H3,(H,18,19). The van der Waals surface area contributed by atoms with Gasteiger partial charge in [-0.25, -0.2) is 0 Å². The van der Waals surface area contributed by atoms with Crippen LogP contribution in [0, 0.1) is 6.92 Å². The van der Waals surface area contributed by atoms with Crippen LogP contribution in [0.5, 0.6) is 5.75 Å². The lowest BCUT2D eigenvalue weighted by molar-refractivity contribution is -0.123. The number of carbonyl (C=O) groups is 1. The van der Waals surface area contributed by atoms with E-state index in [-0.39, 0.29) is 11.4 Å². The Balaban J connectivity index is 2.36. The molecule has 1 rings (SSSR count). The molecule has 0 aliphatic rings. The maximum atomic E-state index is 11.9. The van der Waals surface area contributed by atoms with Crippen LogP contribution in [0.3, 0.4) is 0 Å². The molecular weight excluding hydrogens is 318 g/mol. The summed E-state index contributed by atoms with van der Waals surface area (Å²) in [5.74, 6) is 0.861. The van der Waals surface area contributed by atoms with Crippen molar-refractivity contribution in [1.29, 1.82) is 0 Å². The third-order valence-electron chi connectivity index (χ3n) is 3.46. The third-order valence-corrected chi connectivity index (χ3v) is 3.85. The summed E-state index contributed by atoms with van der Waals surface area (Å²) in [4.78, 5) is 11.9. The first-order valence-corrected chi connectivity index (χ1v) is 8.17. The molecule has 20 heavy (non-hydrogen) atoms. The molecule has 0 saturated carbocycles. The van der Waals surface area contributed by atoms with Gasteiger partial charge in [0.1, 0.15) is 5.75 Å². The first-order valence-electron chi connectivity index (χ1n) is 7.05. The van der Waals surface area contributed by atoms with Crippen molar-refractivity contribution >= 4 is 21.8 Å². The van der Waals surface area contributed by atoms with Crippen LogP contribution < -0.4 is 10.1 Å². The van der Waals surface area contributed by atoms with Gasteiger partial charge < -0.3 is 10.1 Å². The summed E-state index contributed by atoms with van der Waals surface area (Å²) in [6, 6.07) is 7.85. The van der Waals surface area contributed by atoms with Gasteiger partial charge in [0, 0.05) is 10.9 Å². The molecule has 0 heterocycles. The number of benzene rings is 1. The summed E-state index contributed by atoms with van der Waals surface area (Å²) in [5.41, 5.74) is 1.02. The normalized spacial score (nSPS) is 13.6. The fraction of sp³-hybridized carbons (Fsp3) is 0.562. The van der Waals surface area contributed by atoms with Crippen LogP contribution in [-0.2, 0) is 4.79 Å². The molecule has 1 N–H and O–H groups in total. The highest BCUT2D eigenvalue weighted by Crippen LogP contribution is 2.16. The molecule has 0 aromatic heterocycles. The van der Waals surface area contributed by atoms with Gasteiger partial charge in [0.2, 0.25) is 5.91 Å². The molecule has 0 spiro atoms. The lowest BCUT2D eigenvalue weighted by Gasteiger charge is -2.29. The van der Waals surface area contributed by atoms with E-state index in [4.69, 9.17) is 4.74 Å². The number of amides is 1. The summed E-state index contributed by atoms with van der Waals surface area (Å²) in [6.07, 6.45) is 2.23. The Morgan fingerprint density at radius 2 is 2.20 bits per heavy atom. The van der Waals surface area contributed by atoms with E-state index in [9.17, 15) is 4.79 Å². The quantitative estimate of drug-likeness (QED) is 0.729. The highest BCUT2D eigenvalue weighted by molar-refractivity contribution is 9.09. The number of nitrogens with one attached hydrogen (secondary N) is 1. The predicted molar refractivity (Wildman–Crippen MR) is 86.5 cm³/mol. The maximum absolute atomic E-state index is 11.9. The second-order valence-electron chi connectivity index (χ2n) is 5.32. The van der Waals surface area contributed by atoms with E-state index in [0.29, 0.717) is 13.0 Å². The lowest BCUT2D eigenvalue weighted by Crippen LogP contribution is -2.46. The molecule has 1 amide bonds. The van der Waals surface area contributed by atoms with E-state index in [2.05, 4.69) is 35.1 Å². The smallest absolute Gasteiger partial charge is 0.223 e. The van der Waals surface area contributed by atoms with Crippen molar-refractivity contribution in [3.8, 4) is 5.75 Å². The second-order valence-corrected chi connectivity index (χ2v) is 6.11. The highest BCUT2D eigenvalue weighted by atomic mass is 79.9. The summed E-state index contributed by atoms with van der Waals surface area (Å²) in [6.45, 7) is 6.59. The van der Waals surface area contributed by atoms with Crippen molar-refractivity contribution in [3.63, 3.8) is 0 Å². The van der Waals surface area contributed by atoms with E-state index in [1.54, 1.807) is 0 Å². The molecule has 4 heteroatoms. The van der Waals surface area contributed by atoms with Gasteiger partial charge in [-0.05, 0) is 44.4 Å². The van der Waals surface area contributed by atoms with Crippen LogP contribution in [0.15, 0.2) is 24.3 Å². The van der Waals surface area contributed by atoms with E-state index in [1.807, 2.05) is 31.2 Å². The number of hydrogen-bond donors (Lipinski definition) is 1. The van der Waals surface area contributed by atoms with Crippen LogP contribution in [0.25, 0.3) is 0 Å². The maximum Gasteiger partial charge on any atom is 0.223 e. The minimum Gasteiger partial charge on any atom is -0.493 e. The van der Waals surface area contributed by atoms with Gasteiger partial charge in [-0.15, -0.1) is 0 Å². The monoisotopic (exact) mass is 341 g/mol. The van der Waals surface area contributed by atoms with Crippen LogP contribution in [0.1, 0.15) is 38.7 Å². The summed E-state index contributed by atoms with van der Waals surface area (Å²) < 4.78 is 5.60. The molecule has 1 unspecified atom stereocenters. The lowest BCUT2D eigenvalue weighted by atomic mass is 9.95. The molecule has 0 saturated heterocycles. The van der Waals surface area contributed by atoms with E-state index in [1.165, 1.54) is 0 Å². The van der Waals surface area contributed by atoms with Gasteiger partial charge in [0.05, 0.1) is 13.0 Å². The van der Waals surface area contributed by atoms with Crippen molar-refractivity contribution in [2.75, 3.05) is 11.9 Å². The number of aryl methyl sites for hydroxylation is 1. The fourth-order valence-corrected chi connectivity index (χ4v) is 2.78. The van der Waals surface area contributed by atoms with Gasteiger partial charge in [0.25, 0.3) is 0 Å². The molecule has 0 aliphatic heterocycles. The average Bonchev–Trinajstić information content (AvgIpc) is 2.39. The predicted octanol–water partition coefficient (Wildman–Crippen LogP) is 3.83. The van der Waals surface area contributed by atoms with Crippen LogP contribution in [-0.4, -0.2) is 23.4 Å². The molecule has 1 atom stereocenters. The molecule has 0 aliphatic carbocycles. The Morgan fingerprint density at radius 3 is 2.80 bits per heavy atom. The van der Waals surface area contributed by atoms with Gasteiger partial charge in [0.15, 0.2) is 0 Å². The Bertz CT molecular complexity index is 436. The highest BCUT2D eigenvalue weighted by Gasteiger charge is 2.23. The van der Waals surface area contributed by atoms with Gasteiger partial charge in [-0.2, -0.15) is 0 Å². The van der Waals surface area contributed by atoms with Crippen LogP contribution in [0.2, 0.25) is 0 Å². The van der Waals surface area contributed by atoms with Crippen molar-refractivity contribution < 1.29 is 9.53 Å². The molecule has 1 aromatic rings. The molecule has 3 nitrogen and oxygen atoms in total. The average molecular weight is 342 g/mol. The first-order chi connectivity index (χ1) is 9.49. The number of carbonyl (C=O) groups excluding carboxylic acids is 1.